The van der Waals surface area contributed by atoms with Crippen LogP contribution in [0.1, 0.15) is 23.7 Å². The fraction of sp³-hybridized carbons (Fsp3) is 0.333. The molecule has 17 heavy (non-hydrogen) atoms. The number of nitrogens with one attached hydrogen (secondary N) is 1. The molecule has 1 aromatic heterocycles. The molecule has 1 amide bonds. The summed E-state index contributed by atoms with van der Waals surface area (Å²) in [4.78, 5) is 15.6. The van der Waals surface area contributed by atoms with Crippen molar-refractivity contribution in [2.75, 3.05) is 6.54 Å². The topological polar surface area (TPSA) is 72.9 Å². The largest absolute Gasteiger partial charge is 0.366 e. The number of benzene rings is 1. The van der Waals surface area contributed by atoms with Gasteiger partial charge in [-0.1, -0.05) is 6.07 Å². The molecule has 0 radical (unpaired) electrons. The average molecular weight is 230 g/mol. The minimum Gasteiger partial charge on any atom is -0.366 e. The molecule has 1 unspecified atom stereocenters. The van der Waals surface area contributed by atoms with E-state index in [2.05, 4.69) is 21.8 Å². The number of carbonyl (C=O) groups excluding carboxylic acids is 1. The molecule has 0 aliphatic carbocycles. The minimum absolute atomic E-state index is 0.0922. The standard InChI is InChI=1S/C12H14N4O/c1-12(5-6-15-12)16-7-14-10-8(11(13)17)3-2-4-9(10)16/h2-4,7,15H,5-6H2,1H3,(H2,13,17). The maximum atomic E-state index is 11.3. The summed E-state index contributed by atoms with van der Waals surface area (Å²) in [5.41, 5.74) is 7.34. The third kappa shape index (κ3) is 1.36. The molecular weight excluding hydrogens is 216 g/mol. The van der Waals surface area contributed by atoms with Crippen LogP contribution in [0.3, 0.4) is 0 Å². The predicted molar refractivity (Wildman–Crippen MR) is 64.5 cm³/mol. The summed E-state index contributed by atoms with van der Waals surface area (Å²) in [5.74, 6) is -0.437. The summed E-state index contributed by atoms with van der Waals surface area (Å²) in [6.45, 7) is 3.13. The Bertz CT molecular complexity index is 598. The Morgan fingerprint density at radius 1 is 1.59 bits per heavy atom. The van der Waals surface area contributed by atoms with Gasteiger partial charge in [0, 0.05) is 6.54 Å². The molecule has 1 aliphatic rings. The van der Waals surface area contributed by atoms with Gasteiger partial charge in [-0.15, -0.1) is 0 Å². The van der Waals surface area contributed by atoms with E-state index in [-0.39, 0.29) is 5.66 Å². The van der Waals surface area contributed by atoms with Gasteiger partial charge >= 0.3 is 0 Å². The fourth-order valence-corrected chi connectivity index (χ4v) is 2.32. The molecule has 5 nitrogen and oxygen atoms in total. The Morgan fingerprint density at radius 2 is 2.35 bits per heavy atom. The number of carbonyl (C=O) groups is 1. The van der Waals surface area contributed by atoms with Crippen molar-refractivity contribution in [1.29, 1.82) is 0 Å². The van der Waals surface area contributed by atoms with Gasteiger partial charge in [0.05, 0.1) is 23.1 Å². The highest BCUT2D eigenvalue weighted by molar-refractivity contribution is 6.04. The Morgan fingerprint density at radius 3 is 2.94 bits per heavy atom. The summed E-state index contributed by atoms with van der Waals surface area (Å²) >= 11 is 0. The molecule has 3 N–H and O–H groups in total. The van der Waals surface area contributed by atoms with Crippen LogP contribution in [0.15, 0.2) is 24.5 Å². The van der Waals surface area contributed by atoms with Crippen LogP contribution in [-0.2, 0) is 5.66 Å². The molecule has 88 valence electrons. The fourth-order valence-electron chi connectivity index (χ4n) is 2.32. The molecule has 1 atom stereocenters. The van der Waals surface area contributed by atoms with E-state index in [4.69, 9.17) is 5.73 Å². The monoisotopic (exact) mass is 230 g/mol. The first-order valence-electron chi connectivity index (χ1n) is 5.63. The van der Waals surface area contributed by atoms with Gasteiger partial charge in [0.25, 0.3) is 5.91 Å². The molecule has 1 aromatic carbocycles. The van der Waals surface area contributed by atoms with Gasteiger partial charge in [-0.3, -0.25) is 10.1 Å². The van der Waals surface area contributed by atoms with Gasteiger partial charge in [0.15, 0.2) is 0 Å². The molecule has 1 aliphatic heterocycles. The Balaban J connectivity index is 2.23. The molecule has 2 aromatic rings. The van der Waals surface area contributed by atoms with Crippen LogP contribution >= 0.6 is 0 Å². The number of hydrogen-bond donors (Lipinski definition) is 2. The van der Waals surface area contributed by atoms with Crippen molar-refractivity contribution in [1.82, 2.24) is 14.9 Å². The van der Waals surface area contributed by atoms with Crippen LogP contribution in [0.2, 0.25) is 0 Å². The Hall–Kier alpha value is -1.88. The van der Waals surface area contributed by atoms with Crippen LogP contribution in [0.25, 0.3) is 11.0 Å². The number of rotatable bonds is 2. The second kappa shape index (κ2) is 3.30. The Kier molecular flexibility index (Phi) is 2.00. The molecular formula is C12H14N4O. The van der Waals surface area contributed by atoms with Crippen molar-refractivity contribution < 1.29 is 4.79 Å². The lowest BCUT2D eigenvalue weighted by Crippen LogP contribution is -2.55. The molecule has 0 bridgehead atoms. The number of imidazole rings is 1. The highest BCUT2D eigenvalue weighted by Gasteiger charge is 2.34. The first-order valence-corrected chi connectivity index (χ1v) is 5.63. The third-order valence-electron chi connectivity index (χ3n) is 3.49. The lowest BCUT2D eigenvalue weighted by atomic mass is 10.00. The van der Waals surface area contributed by atoms with E-state index in [0.717, 1.165) is 18.5 Å². The van der Waals surface area contributed by atoms with E-state index in [1.54, 1.807) is 12.4 Å². The highest BCUT2D eigenvalue weighted by atomic mass is 16.1. The number of para-hydroxylation sites is 1. The van der Waals surface area contributed by atoms with E-state index >= 15 is 0 Å². The summed E-state index contributed by atoms with van der Waals surface area (Å²) in [6.07, 6.45) is 2.82. The molecule has 2 heterocycles. The number of nitrogens with zero attached hydrogens (tertiary/aromatic N) is 2. The van der Waals surface area contributed by atoms with Crippen molar-refractivity contribution in [3.05, 3.63) is 30.1 Å². The zero-order valence-electron chi connectivity index (χ0n) is 9.60. The first kappa shape index (κ1) is 10.3. The zero-order valence-corrected chi connectivity index (χ0v) is 9.60. The second-order valence-electron chi connectivity index (χ2n) is 4.60. The van der Waals surface area contributed by atoms with Crippen LogP contribution < -0.4 is 11.1 Å². The van der Waals surface area contributed by atoms with Gasteiger partial charge in [0.2, 0.25) is 0 Å². The first-order chi connectivity index (χ1) is 8.12. The number of nitrogens with two attached hydrogens (primary N) is 1. The predicted octanol–water partition coefficient (Wildman–Crippen LogP) is 0.801. The smallest absolute Gasteiger partial charge is 0.250 e. The normalized spacial score (nSPS) is 23.6. The minimum atomic E-state index is -0.437. The van der Waals surface area contributed by atoms with Gasteiger partial charge < -0.3 is 10.3 Å². The highest BCUT2D eigenvalue weighted by Crippen LogP contribution is 2.29. The van der Waals surface area contributed by atoms with Crippen molar-refractivity contribution in [2.24, 2.45) is 5.73 Å². The van der Waals surface area contributed by atoms with Crippen molar-refractivity contribution in [2.45, 2.75) is 19.0 Å². The molecule has 1 fully saturated rings. The maximum Gasteiger partial charge on any atom is 0.250 e. The molecule has 5 heteroatoms. The number of hydrogen-bond acceptors (Lipinski definition) is 3. The van der Waals surface area contributed by atoms with E-state index in [9.17, 15) is 4.79 Å². The van der Waals surface area contributed by atoms with Gasteiger partial charge in [0.1, 0.15) is 5.52 Å². The lowest BCUT2D eigenvalue weighted by molar-refractivity contribution is 0.100. The maximum absolute atomic E-state index is 11.3. The van der Waals surface area contributed by atoms with Crippen molar-refractivity contribution in [3.8, 4) is 0 Å². The van der Waals surface area contributed by atoms with Gasteiger partial charge in [-0.25, -0.2) is 4.98 Å². The van der Waals surface area contributed by atoms with Crippen LogP contribution in [0.5, 0.6) is 0 Å². The van der Waals surface area contributed by atoms with E-state index in [1.165, 1.54) is 0 Å². The van der Waals surface area contributed by atoms with E-state index < -0.39 is 5.91 Å². The van der Waals surface area contributed by atoms with Gasteiger partial charge in [-0.05, 0) is 25.5 Å². The van der Waals surface area contributed by atoms with E-state index in [0.29, 0.717) is 11.1 Å². The zero-order chi connectivity index (χ0) is 12.0. The number of primary amides is 1. The molecule has 1 saturated heterocycles. The lowest BCUT2D eigenvalue weighted by Gasteiger charge is -2.41. The van der Waals surface area contributed by atoms with Crippen molar-refractivity contribution in [3.63, 3.8) is 0 Å². The van der Waals surface area contributed by atoms with Crippen LogP contribution in [0.4, 0.5) is 0 Å². The molecule has 0 saturated carbocycles. The number of fused-ring (bicyclic) bond motifs is 1. The SMILES string of the molecule is CC1(n2cnc3c(C(N)=O)cccc32)CCN1. The quantitative estimate of drug-likeness (QED) is 0.801. The number of amides is 1. The van der Waals surface area contributed by atoms with Crippen LogP contribution in [0, 0.1) is 0 Å². The summed E-state index contributed by atoms with van der Waals surface area (Å²) in [7, 11) is 0. The molecule has 3 rings (SSSR count). The summed E-state index contributed by atoms with van der Waals surface area (Å²) in [6, 6.07) is 5.50. The molecule has 0 spiro atoms. The van der Waals surface area contributed by atoms with Gasteiger partial charge in [-0.2, -0.15) is 0 Å². The Labute approximate surface area is 98.6 Å². The third-order valence-corrected chi connectivity index (χ3v) is 3.49. The van der Waals surface area contributed by atoms with E-state index in [1.807, 2.05) is 12.1 Å². The second-order valence-corrected chi connectivity index (χ2v) is 4.60. The van der Waals surface area contributed by atoms with Crippen LogP contribution in [-0.4, -0.2) is 22.0 Å². The number of aromatic nitrogens is 2. The van der Waals surface area contributed by atoms with Crippen molar-refractivity contribution >= 4 is 16.9 Å². The summed E-state index contributed by atoms with van der Waals surface area (Å²) in [5, 5.41) is 3.37. The summed E-state index contributed by atoms with van der Waals surface area (Å²) < 4.78 is 2.07. The average Bonchev–Trinajstić information content (AvgIpc) is 2.69.